The van der Waals surface area contributed by atoms with E-state index in [1.807, 2.05) is 103 Å². The first kappa shape index (κ1) is 23.3. The average molecular weight is 454 g/mol. The molecule has 0 aliphatic carbocycles. The largest absolute Gasteiger partial charge is 0.494 e. The predicted octanol–water partition coefficient (Wildman–Crippen LogP) is 6.52. The molecule has 1 unspecified atom stereocenters. The van der Waals surface area contributed by atoms with Gasteiger partial charge < -0.3 is 14.6 Å². The predicted molar refractivity (Wildman–Crippen MR) is 137 cm³/mol. The third-order valence-corrected chi connectivity index (χ3v) is 5.89. The van der Waals surface area contributed by atoms with Gasteiger partial charge >= 0.3 is 0 Å². The van der Waals surface area contributed by atoms with Crippen LogP contribution in [0, 0.1) is 0 Å². The minimum atomic E-state index is -0.129. The van der Waals surface area contributed by atoms with Crippen molar-refractivity contribution in [3.8, 4) is 28.4 Å². The van der Waals surface area contributed by atoms with Crippen LogP contribution < -0.4 is 10.1 Å². The molecule has 34 heavy (non-hydrogen) atoms. The molecule has 174 valence electrons. The maximum atomic E-state index is 13.8. The molecular weight excluding hydrogens is 422 g/mol. The molecule has 1 atom stereocenters. The van der Waals surface area contributed by atoms with Crippen LogP contribution >= 0.6 is 0 Å². The van der Waals surface area contributed by atoms with Gasteiger partial charge in [0.1, 0.15) is 23.0 Å². The number of nitrogens with zero attached hydrogens (tertiary/aromatic N) is 2. The molecule has 5 heteroatoms. The fraction of sp³-hybridized carbons (Fsp3) is 0.241. The Labute approximate surface area is 201 Å². The van der Waals surface area contributed by atoms with Gasteiger partial charge in [-0.15, -0.1) is 0 Å². The van der Waals surface area contributed by atoms with Crippen molar-refractivity contribution in [1.29, 1.82) is 0 Å². The molecule has 1 amide bonds. The van der Waals surface area contributed by atoms with E-state index in [0.29, 0.717) is 24.5 Å². The monoisotopic (exact) mass is 453 g/mol. The Hall–Kier alpha value is -3.86. The van der Waals surface area contributed by atoms with E-state index in [9.17, 15) is 4.79 Å². The van der Waals surface area contributed by atoms with Crippen molar-refractivity contribution in [2.24, 2.45) is 0 Å². The normalized spacial score (nSPS) is 11.7. The van der Waals surface area contributed by atoms with Gasteiger partial charge in [0.05, 0.1) is 12.6 Å². The summed E-state index contributed by atoms with van der Waals surface area (Å²) in [5.41, 5.74) is 4.19. The van der Waals surface area contributed by atoms with Crippen LogP contribution in [-0.2, 0) is 6.54 Å². The first-order chi connectivity index (χ1) is 16.7. The molecule has 4 rings (SSSR count). The van der Waals surface area contributed by atoms with Gasteiger partial charge in [0.25, 0.3) is 5.91 Å². The number of benzene rings is 3. The van der Waals surface area contributed by atoms with Crippen molar-refractivity contribution < 1.29 is 9.53 Å². The lowest BCUT2D eigenvalue weighted by molar-refractivity contribution is 0.0927. The van der Waals surface area contributed by atoms with E-state index in [-0.39, 0.29) is 11.9 Å². The average Bonchev–Trinajstić information content (AvgIpc) is 3.28. The lowest BCUT2D eigenvalue weighted by Gasteiger charge is -2.19. The van der Waals surface area contributed by atoms with E-state index >= 15 is 0 Å². The fourth-order valence-electron chi connectivity index (χ4n) is 4.21. The first-order valence-electron chi connectivity index (χ1n) is 11.9. The summed E-state index contributed by atoms with van der Waals surface area (Å²) in [5, 5.41) is 3.26. The summed E-state index contributed by atoms with van der Waals surface area (Å²) in [6.07, 6.45) is 0.792. The van der Waals surface area contributed by atoms with Crippen LogP contribution in [0.5, 0.6) is 5.75 Å². The Morgan fingerprint density at radius 1 is 0.882 bits per heavy atom. The zero-order chi connectivity index (χ0) is 23.9. The SMILES string of the molecule is CCOc1ccc(-c2nc(-c3ccccc3)n(CC)c2C(=O)NC(CC)c2ccccc2)cc1. The minimum Gasteiger partial charge on any atom is -0.494 e. The van der Waals surface area contributed by atoms with Crippen LogP contribution in [0.25, 0.3) is 22.6 Å². The number of carbonyl (C=O) groups is 1. The molecule has 1 N–H and O–H groups in total. The van der Waals surface area contributed by atoms with Crippen LogP contribution in [0.3, 0.4) is 0 Å². The summed E-state index contributed by atoms with van der Waals surface area (Å²) in [4.78, 5) is 18.8. The number of hydrogen-bond acceptors (Lipinski definition) is 3. The maximum absolute atomic E-state index is 13.8. The summed E-state index contributed by atoms with van der Waals surface area (Å²) in [6.45, 7) is 7.31. The quantitative estimate of drug-likeness (QED) is 0.314. The number of imidazole rings is 1. The van der Waals surface area contributed by atoms with Gasteiger partial charge in [0.2, 0.25) is 0 Å². The highest BCUT2D eigenvalue weighted by molar-refractivity contribution is 5.99. The summed E-state index contributed by atoms with van der Waals surface area (Å²) >= 11 is 0. The molecule has 1 aromatic heterocycles. The van der Waals surface area contributed by atoms with Crippen LogP contribution in [0.1, 0.15) is 49.3 Å². The van der Waals surface area contributed by atoms with Gasteiger partial charge in [0.15, 0.2) is 0 Å². The van der Waals surface area contributed by atoms with Crippen LogP contribution in [0.2, 0.25) is 0 Å². The number of aromatic nitrogens is 2. The highest BCUT2D eigenvalue weighted by Gasteiger charge is 2.26. The smallest absolute Gasteiger partial charge is 0.270 e. The molecule has 0 saturated carbocycles. The van der Waals surface area contributed by atoms with Gasteiger partial charge in [-0.25, -0.2) is 4.98 Å². The van der Waals surface area contributed by atoms with Crippen LogP contribution in [-0.4, -0.2) is 22.1 Å². The Kier molecular flexibility index (Phi) is 7.43. The van der Waals surface area contributed by atoms with Gasteiger partial charge in [-0.2, -0.15) is 0 Å². The zero-order valence-electron chi connectivity index (χ0n) is 20.0. The zero-order valence-corrected chi connectivity index (χ0v) is 20.0. The second kappa shape index (κ2) is 10.8. The van der Waals surface area contributed by atoms with Crippen molar-refractivity contribution in [3.05, 3.63) is 96.2 Å². The molecule has 0 fully saturated rings. The van der Waals surface area contributed by atoms with Gasteiger partial charge in [0, 0.05) is 17.7 Å². The molecule has 0 bridgehead atoms. The molecule has 0 radical (unpaired) electrons. The number of ether oxygens (including phenoxy) is 1. The molecule has 0 spiro atoms. The van der Waals surface area contributed by atoms with E-state index in [1.54, 1.807) is 0 Å². The maximum Gasteiger partial charge on any atom is 0.270 e. The summed E-state index contributed by atoms with van der Waals surface area (Å²) < 4.78 is 7.61. The third-order valence-electron chi connectivity index (χ3n) is 5.89. The highest BCUT2D eigenvalue weighted by Crippen LogP contribution is 2.31. The van der Waals surface area contributed by atoms with Gasteiger partial charge in [-0.05, 0) is 50.1 Å². The van der Waals surface area contributed by atoms with Crippen LogP contribution in [0.15, 0.2) is 84.9 Å². The molecule has 0 aliphatic heterocycles. The Balaban J connectivity index is 1.80. The Bertz CT molecular complexity index is 1220. The molecule has 3 aromatic carbocycles. The van der Waals surface area contributed by atoms with Crippen LogP contribution in [0.4, 0.5) is 0 Å². The number of rotatable bonds is 9. The van der Waals surface area contributed by atoms with Crippen molar-refractivity contribution in [2.75, 3.05) is 6.61 Å². The van der Waals surface area contributed by atoms with E-state index < -0.39 is 0 Å². The third kappa shape index (κ3) is 4.88. The Morgan fingerprint density at radius 2 is 1.53 bits per heavy atom. The summed E-state index contributed by atoms with van der Waals surface area (Å²) in [7, 11) is 0. The lowest BCUT2D eigenvalue weighted by atomic mass is 10.0. The van der Waals surface area contributed by atoms with Crippen molar-refractivity contribution in [1.82, 2.24) is 14.9 Å². The highest BCUT2D eigenvalue weighted by atomic mass is 16.5. The molecule has 0 aliphatic rings. The second-order valence-corrected chi connectivity index (χ2v) is 8.05. The molecule has 1 heterocycles. The number of hydrogen-bond donors (Lipinski definition) is 1. The minimum absolute atomic E-state index is 0.0812. The van der Waals surface area contributed by atoms with Crippen molar-refractivity contribution in [3.63, 3.8) is 0 Å². The van der Waals surface area contributed by atoms with E-state index in [1.165, 1.54) is 0 Å². The summed E-state index contributed by atoms with van der Waals surface area (Å²) in [6, 6.07) is 27.8. The number of nitrogens with one attached hydrogen (secondary N) is 1. The second-order valence-electron chi connectivity index (χ2n) is 8.05. The molecular formula is C29H31N3O2. The van der Waals surface area contributed by atoms with E-state index in [0.717, 1.165) is 34.7 Å². The fourth-order valence-corrected chi connectivity index (χ4v) is 4.21. The van der Waals surface area contributed by atoms with Crippen molar-refractivity contribution >= 4 is 5.91 Å². The topological polar surface area (TPSA) is 56.2 Å². The van der Waals surface area contributed by atoms with E-state index in [4.69, 9.17) is 9.72 Å². The number of amides is 1. The van der Waals surface area contributed by atoms with Crippen molar-refractivity contribution in [2.45, 2.75) is 39.8 Å². The summed E-state index contributed by atoms with van der Waals surface area (Å²) in [5.74, 6) is 1.45. The standard InChI is InChI=1S/C29H31N3O2/c1-4-25(21-13-9-7-10-14-21)30-29(33)27-26(22-17-19-24(20-18-22)34-6-3)31-28(32(27)5-2)23-15-11-8-12-16-23/h7-20,25H,4-6H2,1-3H3,(H,30,33). The Morgan fingerprint density at radius 3 is 2.12 bits per heavy atom. The molecule has 5 nitrogen and oxygen atoms in total. The van der Waals surface area contributed by atoms with Gasteiger partial charge in [-0.3, -0.25) is 4.79 Å². The lowest BCUT2D eigenvalue weighted by Crippen LogP contribution is -2.30. The first-order valence-corrected chi connectivity index (χ1v) is 11.9. The molecule has 0 saturated heterocycles. The van der Waals surface area contributed by atoms with E-state index in [2.05, 4.69) is 12.2 Å². The van der Waals surface area contributed by atoms with Gasteiger partial charge in [-0.1, -0.05) is 67.6 Å². The number of carbonyl (C=O) groups excluding carboxylic acids is 1. The molecule has 4 aromatic rings.